The molecule has 11 heavy (non-hydrogen) atoms. The molecule has 62 valence electrons. The van der Waals surface area contributed by atoms with Crippen LogP contribution in [0, 0.1) is 11.3 Å². The monoisotopic (exact) mass is 162 g/mol. The van der Waals surface area contributed by atoms with Gasteiger partial charge in [-0.25, -0.2) is 0 Å². The Hall–Kier alpha value is -0.470. The molecule has 0 heterocycles. The van der Waals surface area contributed by atoms with E-state index in [4.69, 9.17) is 0 Å². The minimum absolute atomic E-state index is 0.137. The summed E-state index contributed by atoms with van der Waals surface area (Å²) in [5.74, 6) is -0.137. The zero-order chi connectivity index (χ0) is 8.11. The maximum absolute atomic E-state index is 12.4. The number of allylic oxidation sites excluding steroid dienone is 2. The predicted molar refractivity (Wildman–Crippen MR) is 35.0 cm³/mol. The number of hydrogen-bond acceptors (Lipinski definition) is 0. The van der Waals surface area contributed by atoms with Crippen LogP contribution in [0.1, 0.15) is 19.3 Å². The van der Waals surface area contributed by atoms with Gasteiger partial charge in [0.05, 0.1) is 5.41 Å². The smallest absolute Gasteiger partial charge is 0.170 e. The third-order valence-electron chi connectivity index (χ3n) is 3.00. The van der Waals surface area contributed by atoms with Crippen molar-refractivity contribution in [3.8, 4) is 0 Å². The average Bonchev–Trinajstić information content (AvgIpc) is 2.06. The fraction of sp³-hybridized carbons (Fsp3) is 0.750. The van der Waals surface area contributed by atoms with Gasteiger partial charge in [-0.3, -0.25) is 0 Å². The summed E-state index contributed by atoms with van der Waals surface area (Å²) < 4.78 is 37.2. The summed E-state index contributed by atoms with van der Waals surface area (Å²) in [5.41, 5.74) is -1.41. The Morgan fingerprint density at radius 1 is 1.36 bits per heavy atom. The number of alkyl halides is 3. The van der Waals surface area contributed by atoms with Gasteiger partial charge in [0.2, 0.25) is 0 Å². The number of halogens is 3. The molecular formula is C8H9F3. The molecule has 2 aliphatic carbocycles. The third-order valence-corrected chi connectivity index (χ3v) is 3.00. The molecule has 0 amide bonds. The number of fused-ring (bicyclic) bond motifs is 1. The van der Waals surface area contributed by atoms with Gasteiger partial charge in [-0.05, 0) is 25.2 Å². The first-order valence-electron chi connectivity index (χ1n) is 3.81. The lowest BCUT2D eigenvalue weighted by Gasteiger charge is -2.45. The van der Waals surface area contributed by atoms with Crippen LogP contribution in [-0.4, -0.2) is 6.18 Å². The standard InChI is InChI=1S/C8H9F3/c9-8(10,11)7-4-1-2-6(7)3-5-7/h1,4,6H,2-3,5H2. The Labute approximate surface area is 63.1 Å². The highest BCUT2D eigenvalue weighted by Crippen LogP contribution is 2.61. The summed E-state index contributed by atoms with van der Waals surface area (Å²) in [4.78, 5) is 0. The van der Waals surface area contributed by atoms with Gasteiger partial charge in [0.15, 0.2) is 0 Å². The first-order valence-corrected chi connectivity index (χ1v) is 3.81. The van der Waals surface area contributed by atoms with Crippen LogP contribution in [0.25, 0.3) is 0 Å². The fourth-order valence-electron chi connectivity index (χ4n) is 2.12. The van der Waals surface area contributed by atoms with Crippen molar-refractivity contribution in [2.75, 3.05) is 0 Å². The Morgan fingerprint density at radius 2 is 2.09 bits per heavy atom. The maximum Gasteiger partial charge on any atom is 0.398 e. The van der Waals surface area contributed by atoms with Crippen molar-refractivity contribution < 1.29 is 13.2 Å². The number of hydrogen-bond donors (Lipinski definition) is 0. The molecule has 1 fully saturated rings. The van der Waals surface area contributed by atoms with Crippen LogP contribution >= 0.6 is 0 Å². The van der Waals surface area contributed by atoms with E-state index in [9.17, 15) is 13.2 Å². The normalized spacial score (nSPS) is 41.9. The molecule has 2 rings (SSSR count). The Morgan fingerprint density at radius 3 is 2.36 bits per heavy atom. The van der Waals surface area contributed by atoms with E-state index in [1.807, 2.05) is 0 Å². The predicted octanol–water partition coefficient (Wildman–Crippen LogP) is 2.91. The molecule has 1 saturated carbocycles. The second kappa shape index (κ2) is 1.82. The number of rotatable bonds is 0. The lowest BCUT2D eigenvalue weighted by atomic mass is 9.61. The lowest BCUT2D eigenvalue weighted by molar-refractivity contribution is -0.248. The quantitative estimate of drug-likeness (QED) is 0.480. The van der Waals surface area contributed by atoms with Gasteiger partial charge in [-0.2, -0.15) is 13.2 Å². The van der Waals surface area contributed by atoms with E-state index in [-0.39, 0.29) is 5.92 Å². The molecule has 2 atom stereocenters. The summed E-state index contributed by atoms with van der Waals surface area (Å²) in [5, 5.41) is 0. The van der Waals surface area contributed by atoms with Crippen molar-refractivity contribution in [2.24, 2.45) is 11.3 Å². The van der Waals surface area contributed by atoms with E-state index < -0.39 is 11.6 Å². The van der Waals surface area contributed by atoms with E-state index in [2.05, 4.69) is 0 Å². The lowest BCUT2D eigenvalue weighted by Crippen LogP contribution is -2.47. The largest absolute Gasteiger partial charge is 0.398 e. The van der Waals surface area contributed by atoms with Crippen molar-refractivity contribution in [2.45, 2.75) is 25.4 Å². The molecule has 0 aromatic heterocycles. The third kappa shape index (κ3) is 0.713. The first kappa shape index (κ1) is 7.19. The fourth-order valence-corrected chi connectivity index (χ4v) is 2.12. The van der Waals surface area contributed by atoms with E-state index >= 15 is 0 Å². The van der Waals surface area contributed by atoms with Crippen LogP contribution < -0.4 is 0 Å². The van der Waals surface area contributed by atoms with Crippen LogP contribution in [0.3, 0.4) is 0 Å². The highest BCUT2D eigenvalue weighted by atomic mass is 19.4. The minimum Gasteiger partial charge on any atom is -0.170 e. The molecule has 2 aliphatic rings. The van der Waals surface area contributed by atoms with E-state index in [1.165, 1.54) is 6.08 Å². The summed E-state index contributed by atoms with van der Waals surface area (Å²) in [6, 6.07) is 0. The summed E-state index contributed by atoms with van der Waals surface area (Å²) in [6.07, 6.45) is 0.693. The van der Waals surface area contributed by atoms with E-state index in [0.717, 1.165) is 6.42 Å². The SMILES string of the molecule is FC(F)(F)C12C=CCC1CC2. The zero-order valence-corrected chi connectivity index (χ0v) is 5.99. The summed E-state index contributed by atoms with van der Waals surface area (Å²) in [7, 11) is 0. The summed E-state index contributed by atoms with van der Waals surface area (Å²) in [6.45, 7) is 0. The van der Waals surface area contributed by atoms with Crippen LogP contribution in [-0.2, 0) is 0 Å². The van der Waals surface area contributed by atoms with Crippen molar-refractivity contribution in [1.82, 2.24) is 0 Å². The topological polar surface area (TPSA) is 0 Å². The molecule has 2 unspecified atom stereocenters. The molecule has 0 spiro atoms. The van der Waals surface area contributed by atoms with Gasteiger partial charge in [0.1, 0.15) is 0 Å². The van der Waals surface area contributed by atoms with Crippen LogP contribution in [0.4, 0.5) is 13.2 Å². The Balaban J connectivity index is 2.29. The van der Waals surface area contributed by atoms with E-state index in [1.54, 1.807) is 6.08 Å². The van der Waals surface area contributed by atoms with Gasteiger partial charge in [-0.15, -0.1) is 0 Å². The molecule has 0 bridgehead atoms. The molecule has 0 N–H and O–H groups in total. The second-order valence-corrected chi connectivity index (χ2v) is 3.41. The van der Waals surface area contributed by atoms with Crippen molar-refractivity contribution >= 4 is 0 Å². The highest BCUT2D eigenvalue weighted by molar-refractivity contribution is 5.19. The van der Waals surface area contributed by atoms with Gasteiger partial charge < -0.3 is 0 Å². The molecule has 0 nitrogen and oxygen atoms in total. The van der Waals surface area contributed by atoms with Gasteiger partial charge in [0, 0.05) is 0 Å². The molecular weight excluding hydrogens is 153 g/mol. The van der Waals surface area contributed by atoms with Crippen molar-refractivity contribution in [3.05, 3.63) is 12.2 Å². The molecule has 0 aromatic rings. The van der Waals surface area contributed by atoms with Crippen LogP contribution in [0.15, 0.2) is 12.2 Å². The molecule has 0 aliphatic heterocycles. The molecule has 0 aromatic carbocycles. The average molecular weight is 162 g/mol. The Bertz CT molecular complexity index is 204. The molecule has 0 radical (unpaired) electrons. The van der Waals surface area contributed by atoms with Gasteiger partial charge in [-0.1, -0.05) is 12.2 Å². The Kier molecular flexibility index (Phi) is 1.19. The first-order chi connectivity index (χ1) is 5.06. The van der Waals surface area contributed by atoms with Gasteiger partial charge >= 0.3 is 6.18 Å². The van der Waals surface area contributed by atoms with Crippen molar-refractivity contribution in [1.29, 1.82) is 0 Å². The second-order valence-electron chi connectivity index (χ2n) is 3.41. The van der Waals surface area contributed by atoms with E-state index in [0.29, 0.717) is 12.8 Å². The van der Waals surface area contributed by atoms with Gasteiger partial charge in [0.25, 0.3) is 0 Å². The van der Waals surface area contributed by atoms with Crippen LogP contribution in [0.5, 0.6) is 0 Å². The molecule has 3 heteroatoms. The van der Waals surface area contributed by atoms with Crippen LogP contribution in [0.2, 0.25) is 0 Å². The zero-order valence-electron chi connectivity index (χ0n) is 5.99. The maximum atomic E-state index is 12.4. The van der Waals surface area contributed by atoms with Crippen molar-refractivity contribution in [3.63, 3.8) is 0 Å². The highest BCUT2D eigenvalue weighted by Gasteiger charge is 2.63. The molecule has 0 saturated heterocycles. The summed E-state index contributed by atoms with van der Waals surface area (Å²) >= 11 is 0. The minimum atomic E-state index is -4.01.